The summed E-state index contributed by atoms with van der Waals surface area (Å²) >= 11 is 0. The van der Waals surface area contributed by atoms with E-state index in [0.29, 0.717) is 30.1 Å². The summed E-state index contributed by atoms with van der Waals surface area (Å²) in [6.07, 6.45) is 3.16. The van der Waals surface area contributed by atoms with Gasteiger partial charge in [0.2, 0.25) is 0 Å². The fourth-order valence-electron chi connectivity index (χ4n) is 2.29. The number of nitrogens with one attached hydrogen (secondary N) is 2. The largest absolute Gasteiger partial charge is 0.365 e. The molecule has 0 aliphatic carbocycles. The van der Waals surface area contributed by atoms with Gasteiger partial charge in [-0.2, -0.15) is 5.10 Å². The lowest BCUT2D eigenvalue weighted by molar-refractivity contribution is 0.392. The molecular weight excluding hydrogens is 283 g/mol. The zero-order valence-electron chi connectivity index (χ0n) is 12.5. The molecule has 7 heteroatoms. The highest BCUT2D eigenvalue weighted by Gasteiger charge is 2.07. The summed E-state index contributed by atoms with van der Waals surface area (Å²) in [6, 6.07) is 5.15. The van der Waals surface area contributed by atoms with Gasteiger partial charge in [0.05, 0.1) is 11.6 Å². The van der Waals surface area contributed by atoms with Crippen molar-refractivity contribution < 1.29 is 4.39 Å². The number of aromatic amines is 1. The van der Waals surface area contributed by atoms with Crippen molar-refractivity contribution in [3.8, 4) is 0 Å². The lowest BCUT2D eigenvalue weighted by Gasteiger charge is -2.12. The molecule has 114 valence electrons. The average molecular weight is 300 g/mol. The summed E-state index contributed by atoms with van der Waals surface area (Å²) in [5, 5.41) is 10.8. The molecule has 2 N–H and O–H groups in total. The molecule has 2 aromatic heterocycles. The molecule has 0 amide bonds. The van der Waals surface area contributed by atoms with Crippen molar-refractivity contribution >= 4 is 16.9 Å². The van der Waals surface area contributed by atoms with Crippen LogP contribution in [0.1, 0.15) is 11.1 Å². The number of halogens is 1. The van der Waals surface area contributed by atoms with E-state index in [0.717, 1.165) is 10.9 Å². The van der Waals surface area contributed by atoms with Gasteiger partial charge in [-0.15, -0.1) is 0 Å². The molecule has 0 aliphatic heterocycles. The fraction of sp³-hybridized carbons (Fsp3) is 0.267. The van der Waals surface area contributed by atoms with Crippen LogP contribution in [-0.2, 0) is 13.1 Å². The first-order valence-corrected chi connectivity index (χ1v) is 6.93. The summed E-state index contributed by atoms with van der Waals surface area (Å²) in [7, 11) is 3.84. The zero-order chi connectivity index (χ0) is 15.5. The van der Waals surface area contributed by atoms with E-state index in [1.807, 2.05) is 25.1 Å². The molecule has 0 spiro atoms. The first-order chi connectivity index (χ1) is 10.6. The molecule has 0 unspecified atom stereocenters. The number of H-pyrrole nitrogens is 1. The van der Waals surface area contributed by atoms with Gasteiger partial charge in [-0.25, -0.2) is 14.4 Å². The maximum atomic E-state index is 13.8. The monoisotopic (exact) mass is 300 g/mol. The SMILES string of the molecule is CN(C)Cc1cc(CNc2ncnc3[nH]ncc23)ccc1F. The third-order valence-electron chi connectivity index (χ3n) is 3.30. The van der Waals surface area contributed by atoms with E-state index in [4.69, 9.17) is 0 Å². The van der Waals surface area contributed by atoms with E-state index in [2.05, 4.69) is 25.5 Å². The molecule has 0 atom stereocenters. The molecular formula is C15H17FN6. The van der Waals surface area contributed by atoms with Gasteiger partial charge in [-0.1, -0.05) is 6.07 Å². The van der Waals surface area contributed by atoms with Crippen LogP contribution in [0.5, 0.6) is 0 Å². The second-order valence-electron chi connectivity index (χ2n) is 5.37. The number of nitrogens with zero attached hydrogens (tertiary/aromatic N) is 4. The number of anilines is 1. The third kappa shape index (κ3) is 3.04. The molecule has 1 aromatic carbocycles. The highest BCUT2D eigenvalue weighted by Crippen LogP contribution is 2.18. The van der Waals surface area contributed by atoms with Crippen molar-refractivity contribution in [2.75, 3.05) is 19.4 Å². The molecule has 6 nitrogen and oxygen atoms in total. The Labute approximate surface area is 127 Å². The van der Waals surface area contributed by atoms with Gasteiger partial charge in [0, 0.05) is 18.7 Å². The topological polar surface area (TPSA) is 69.7 Å². The fourth-order valence-corrected chi connectivity index (χ4v) is 2.29. The van der Waals surface area contributed by atoms with E-state index in [-0.39, 0.29) is 5.82 Å². The van der Waals surface area contributed by atoms with Gasteiger partial charge >= 0.3 is 0 Å². The second kappa shape index (κ2) is 6.07. The van der Waals surface area contributed by atoms with Crippen molar-refractivity contribution in [2.24, 2.45) is 0 Å². The second-order valence-corrected chi connectivity index (χ2v) is 5.37. The molecule has 0 radical (unpaired) electrons. The first-order valence-electron chi connectivity index (χ1n) is 6.93. The quantitative estimate of drug-likeness (QED) is 0.755. The Bertz CT molecular complexity index is 783. The van der Waals surface area contributed by atoms with Crippen molar-refractivity contribution in [1.29, 1.82) is 0 Å². The molecule has 22 heavy (non-hydrogen) atoms. The summed E-state index contributed by atoms with van der Waals surface area (Å²) in [6.45, 7) is 1.12. The highest BCUT2D eigenvalue weighted by atomic mass is 19.1. The Morgan fingerprint density at radius 3 is 2.95 bits per heavy atom. The molecule has 3 aromatic rings. The Morgan fingerprint density at radius 1 is 1.27 bits per heavy atom. The van der Waals surface area contributed by atoms with Crippen molar-refractivity contribution in [1.82, 2.24) is 25.1 Å². The smallest absolute Gasteiger partial charge is 0.160 e. The number of benzene rings is 1. The minimum atomic E-state index is -0.184. The summed E-state index contributed by atoms with van der Waals surface area (Å²) < 4.78 is 13.8. The van der Waals surface area contributed by atoms with Crippen LogP contribution >= 0.6 is 0 Å². The van der Waals surface area contributed by atoms with E-state index in [1.54, 1.807) is 12.3 Å². The van der Waals surface area contributed by atoms with Crippen LogP contribution in [0, 0.1) is 5.82 Å². The number of aromatic nitrogens is 4. The predicted molar refractivity (Wildman–Crippen MR) is 82.8 cm³/mol. The van der Waals surface area contributed by atoms with Gasteiger partial charge in [0.1, 0.15) is 18.0 Å². The van der Waals surface area contributed by atoms with Crippen molar-refractivity contribution in [3.05, 3.63) is 47.7 Å². The molecule has 0 saturated carbocycles. The maximum absolute atomic E-state index is 13.8. The van der Waals surface area contributed by atoms with Gasteiger partial charge in [0.25, 0.3) is 0 Å². The van der Waals surface area contributed by atoms with Gasteiger partial charge in [-0.05, 0) is 31.8 Å². The summed E-state index contributed by atoms with van der Waals surface area (Å²) in [5.41, 5.74) is 2.36. The lowest BCUT2D eigenvalue weighted by atomic mass is 10.1. The average Bonchev–Trinajstić information content (AvgIpc) is 2.96. The van der Waals surface area contributed by atoms with Gasteiger partial charge in [0.15, 0.2) is 5.65 Å². The molecule has 2 heterocycles. The zero-order valence-corrected chi connectivity index (χ0v) is 12.5. The minimum absolute atomic E-state index is 0.184. The van der Waals surface area contributed by atoms with E-state index < -0.39 is 0 Å². The third-order valence-corrected chi connectivity index (χ3v) is 3.30. The molecule has 0 saturated heterocycles. The molecule has 0 bridgehead atoms. The Morgan fingerprint density at radius 2 is 2.14 bits per heavy atom. The number of hydrogen-bond acceptors (Lipinski definition) is 5. The normalized spacial score (nSPS) is 11.3. The molecule has 0 fully saturated rings. The van der Waals surface area contributed by atoms with Crippen LogP contribution in [0.2, 0.25) is 0 Å². The minimum Gasteiger partial charge on any atom is -0.365 e. The van der Waals surface area contributed by atoms with Crippen LogP contribution in [0.3, 0.4) is 0 Å². The van der Waals surface area contributed by atoms with Crippen LogP contribution in [0.25, 0.3) is 11.0 Å². The summed E-state index contributed by atoms with van der Waals surface area (Å²) in [4.78, 5) is 10.2. The Balaban J connectivity index is 1.77. The maximum Gasteiger partial charge on any atom is 0.160 e. The first kappa shape index (κ1) is 14.4. The Kier molecular flexibility index (Phi) is 3.97. The molecule has 3 rings (SSSR count). The van der Waals surface area contributed by atoms with Gasteiger partial charge in [-0.3, -0.25) is 5.10 Å². The van der Waals surface area contributed by atoms with Crippen molar-refractivity contribution in [3.63, 3.8) is 0 Å². The van der Waals surface area contributed by atoms with Crippen LogP contribution in [0.4, 0.5) is 10.2 Å². The Hall–Kier alpha value is -2.54. The number of rotatable bonds is 5. The lowest BCUT2D eigenvalue weighted by Crippen LogP contribution is -2.12. The van der Waals surface area contributed by atoms with E-state index in [1.165, 1.54) is 12.4 Å². The van der Waals surface area contributed by atoms with Crippen molar-refractivity contribution in [2.45, 2.75) is 13.1 Å². The van der Waals surface area contributed by atoms with E-state index >= 15 is 0 Å². The summed E-state index contributed by atoms with van der Waals surface area (Å²) in [5.74, 6) is 0.522. The standard InChI is InChI=1S/C15H17FN6/c1-22(2)8-11-5-10(3-4-13(11)16)6-17-14-12-7-20-21-15(12)19-9-18-14/h3-5,7,9H,6,8H2,1-2H3,(H2,17,18,19,20,21). The van der Waals surface area contributed by atoms with E-state index in [9.17, 15) is 4.39 Å². The number of fused-ring (bicyclic) bond motifs is 1. The predicted octanol–water partition coefficient (Wildman–Crippen LogP) is 2.17. The van der Waals surface area contributed by atoms with Crippen LogP contribution in [0.15, 0.2) is 30.7 Å². The van der Waals surface area contributed by atoms with Crippen LogP contribution in [-0.4, -0.2) is 39.2 Å². The van der Waals surface area contributed by atoms with Crippen LogP contribution < -0.4 is 5.32 Å². The van der Waals surface area contributed by atoms with Gasteiger partial charge < -0.3 is 10.2 Å². The highest BCUT2D eigenvalue weighted by molar-refractivity contribution is 5.85. The molecule has 0 aliphatic rings. The number of hydrogen-bond donors (Lipinski definition) is 2.